The number of phenolic OH excluding ortho intramolecular Hbond substituents is 1. The van der Waals surface area contributed by atoms with Gasteiger partial charge in [0.2, 0.25) is 5.91 Å². The molecule has 0 spiro atoms. The van der Waals surface area contributed by atoms with E-state index in [1.54, 1.807) is 24.3 Å². The molecule has 104 valence electrons. The van der Waals surface area contributed by atoms with Crippen LogP contribution in [0.4, 0.5) is 0 Å². The van der Waals surface area contributed by atoms with E-state index in [1.165, 1.54) is 0 Å². The Morgan fingerprint density at radius 2 is 2.05 bits per heavy atom. The fourth-order valence-corrected chi connectivity index (χ4v) is 3.06. The number of nitrogens with zero attached hydrogens (tertiary/aromatic N) is 1. The fourth-order valence-electron chi connectivity index (χ4n) is 2.17. The van der Waals surface area contributed by atoms with Crippen LogP contribution in [0, 0.1) is 0 Å². The van der Waals surface area contributed by atoms with E-state index in [0.717, 1.165) is 36.6 Å². The van der Waals surface area contributed by atoms with E-state index in [-0.39, 0.29) is 11.7 Å². The highest BCUT2D eigenvalue weighted by Gasteiger charge is 2.22. The minimum atomic E-state index is -0.493. The molecule has 1 fully saturated rings. The lowest BCUT2D eigenvalue weighted by molar-refractivity contribution is -0.132. The quantitative estimate of drug-likeness (QED) is 0.874. The summed E-state index contributed by atoms with van der Waals surface area (Å²) in [6, 6.07) is 6.36. The van der Waals surface area contributed by atoms with Gasteiger partial charge in [-0.3, -0.25) is 4.79 Å². The second-order valence-corrected chi connectivity index (χ2v) is 5.99. The van der Waals surface area contributed by atoms with E-state index >= 15 is 0 Å². The van der Waals surface area contributed by atoms with Crippen LogP contribution < -0.4 is 5.73 Å². The van der Waals surface area contributed by atoms with Crippen molar-refractivity contribution in [3.63, 3.8) is 0 Å². The van der Waals surface area contributed by atoms with Gasteiger partial charge in [0.05, 0.1) is 6.04 Å². The number of benzene rings is 1. The Kier molecular flexibility index (Phi) is 5.10. The number of nitrogens with two attached hydrogens (primary N) is 1. The fraction of sp³-hybridized carbons (Fsp3) is 0.500. The monoisotopic (exact) mass is 280 g/mol. The molecule has 19 heavy (non-hydrogen) atoms. The number of carbonyl (C=O) groups is 1. The van der Waals surface area contributed by atoms with Crippen LogP contribution in [0.5, 0.6) is 5.75 Å². The second-order valence-electron chi connectivity index (χ2n) is 4.77. The Hall–Kier alpha value is -1.20. The van der Waals surface area contributed by atoms with E-state index < -0.39 is 6.04 Å². The minimum Gasteiger partial charge on any atom is -0.508 e. The van der Waals surface area contributed by atoms with Gasteiger partial charge in [0.15, 0.2) is 0 Å². The van der Waals surface area contributed by atoms with Crippen LogP contribution in [0.15, 0.2) is 24.3 Å². The van der Waals surface area contributed by atoms with Crippen LogP contribution in [0.1, 0.15) is 12.0 Å². The zero-order valence-electron chi connectivity index (χ0n) is 10.9. The Balaban J connectivity index is 1.92. The van der Waals surface area contributed by atoms with Crippen molar-refractivity contribution >= 4 is 17.7 Å². The third-order valence-electron chi connectivity index (χ3n) is 3.24. The molecule has 1 atom stereocenters. The van der Waals surface area contributed by atoms with Crippen molar-refractivity contribution in [3.05, 3.63) is 29.8 Å². The standard InChI is InChI=1S/C14H20N2O2S/c15-13(10-11-2-4-12(17)5-3-11)14(18)16-6-1-8-19-9-7-16/h2-5,13,17H,1,6-10,15H2/t13-/m0/s1. The van der Waals surface area contributed by atoms with Gasteiger partial charge in [-0.2, -0.15) is 11.8 Å². The van der Waals surface area contributed by atoms with Crippen molar-refractivity contribution in [1.82, 2.24) is 4.90 Å². The van der Waals surface area contributed by atoms with Crippen molar-refractivity contribution in [3.8, 4) is 5.75 Å². The lowest BCUT2D eigenvalue weighted by atomic mass is 10.1. The summed E-state index contributed by atoms with van der Waals surface area (Å²) in [5.41, 5.74) is 6.98. The number of phenols is 1. The van der Waals surface area contributed by atoms with E-state index in [2.05, 4.69) is 0 Å². The highest BCUT2D eigenvalue weighted by Crippen LogP contribution is 2.14. The van der Waals surface area contributed by atoms with Crippen LogP contribution in [0.3, 0.4) is 0 Å². The van der Waals surface area contributed by atoms with Gasteiger partial charge in [-0.1, -0.05) is 12.1 Å². The molecule has 4 nitrogen and oxygen atoms in total. The zero-order chi connectivity index (χ0) is 13.7. The largest absolute Gasteiger partial charge is 0.508 e. The summed E-state index contributed by atoms with van der Waals surface area (Å²) < 4.78 is 0. The third-order valence-corrected chi connectivity index (χ3v) is 4.29. The van der Waals surface area contributed by atoms with Gasteiger partial charge in [-0.25, -0.2) is 0 Å². The first kappa shape index (κ1) is 14.2. The molecule has 1 aliphatic heterocycles. The van der Waals surface area contributed by atoms with Crippen LogP contribution in [-0.4, -0.2) is 46.6 Å². The molecule has 0 unspecified atom stereocenters. The third kappa shape index (κ3) is 4.14. The molecule has 0 saturated carbocycles. The number of aromatic hydroxyl groups is 1. The van der Waals surface area contributed by atoms with E-state index in [0.29, 0.717) is 6.42 Å². The summed E-state index contributed by atoms with van der Waals surface area (Å²) in [4.78, 5) is 14.1. The zero-order valence-corrected chi connectivity index (χ0v) is 11.7. The first-order chi connectivity index (χ1) is 9.16. The Bertz CT molecular complexity index is 414. The molecule has 1 aliphatic rings. The number of amides is 1. The van der Waals surface area contributed by atoms with Crippen LogP contribution in [0.25, 0.3) is 0 Å². The number of rotatable bonds is 3. The highest BCUT2D eigenvalue weighted by atomic mass is 32.2. The molecule has 2 rings (SSSR count). The molecule has 1 aromatic rings. The van der Waals surface area contributed by atoms with Crippen molar-refractivity contribution in [1.29, 1.82) is 0 Å². The Morgan fingerprint density at radius 1 is 1.32 bits per heavy atom. The van der Waals surface area contributed by atoms with Gasteiger partial charge >= 0.3 is 0 Å². The predicted molar refractivity (Wildman–Crippen MR) is 78.3 cm³/mol. The van der Waals surface area contributed by atoms with E-state index in [9.17, 15) is 9.90 Å². The maximum Gasteiger partial charge on any atom is 0.239 e. The minimum absolute atomic E-state index is 0.0376. The molecule has 0 radical (unpaired) electrons. The lowest BCUT2D eigenvalue weighted by Gasteiger charge is -2.23. The van der Waals surface area contributed by atoms with Gasteiger partial charge < -0.3 is 15.7 Å². The average Bonchev–Trinajstić information content (AvgIpc) is 2.69. The van der Waals surface area contributed by atoms with E-state index in [1.807, 2.05) is 16.7 Å². The maximum atomic E-state index is 12.3. The molecule has 1 amide bonds. The summed E-state index contributed by atoms with van der Waals surface area (Å²) in [5, 5.41) is 9.23. The maximum absolute atomic E-state index is 12.3. The molecule has 1 heterocycles. The van der Waals surface area contributed by atoms with Crippen molar-refractivity contribution in [2.45, 2.75) is 18.9 Å². The van der Waals surface area contributed by atoms with Gasteiger partial charge in [0.25, 0.3) is 0 Å². The SMILES string of the molecule is N[C@@H](Cc1ccc(O)cc1)C(=O)N1CCCSCC1. The molecule has 0 aliphatic carbocycles. The summed E-state index contributed by atoms with van der Waals surface area (Å²) >= 11 is 1.89. The summed E-state index contributed by atoms with van der Waals surface area (Å²) in [7, 11) is 0. The highest BCUT2D eigenvalue weighted by molar-refractivity contribution is 7.99. The smallest absolute Gasteiger partial charge is 0.239 e. The lowest BCUT2D eigenvalue weighted by Crippen LogP contribution is -2.45. The topological polar surface area (TPSA) is 66.6 Å². The summed E-state index contributed by atoms with van der Waals surface area (Å²) in [6.07, 6.45) is 1.56. The first-order valence-corrected chi connectivity index (χ1v) is 7.72. The van der Waals surface area contributed by atoms with Crippen molar-refractivity contribution in [2.24, 2.45) is 5.73 Å². The van der Waals surface area contributed by atoms with Crippen LogP contribution in [-0.2, 0) is 11.2 Å². The molecule has 1 saturated heterocycles. The molecule has 5 heteroatoms. The van der Waals surface area contributed by atoms with Crippen molar-refractivity contribution < 1.29 is 9.90 Å². The summed E-state index contributed by atoms with van der Waals surface area (Å²) in [6.45, 7) is 1.61. The predicted octanol–water partition coefficient (Wildman–Crippen LogP) is 1.23. The molecular formula is C14H20N2O2S. The van der Waals surface area contributed by atoms with Gasteiger partial charge in [-0.15, -0.1) is 0 Å². The molecule has 3 N–H and O–H groups in total. The average molecular weight is 280 g/mol. The van der Waals surface area contributed by atoms with Gasteiger partial charge in [-0.05, 0) is 36.3 Å². The van der Waals surface area contributed by atoms with Crippen molar-refractivity contribution in [2.75, 3.05) is 24.6 Å². The van der Waals surface area contributed by atoms with Crippen LogP contribution >= 0.6 is 11.8 Å². The number of hydrogen-bond donors (Lipinski definition) is 2. The Morgan fingerprint density at radius 3 is 2.79 bits per heavy atom. The Labute approximate surface area is 118 Å². The number of hydrogen-bond acceptors (Lipinski definition) is 4. The van der Waals surface area contributed by atoms with Crippen LogP contribution in [0.2, 0.25) is 0 Å². The molecule has 0 aromatic heterocycles. The summed E-state index contributed by atoms with van der Waals surface area (Å²) in [5.74, 6) is 2.39. The molecule has 0 bridgehead atoms. The second kappa shape index (κ2) is 6.82. The normalized spacial score (nSPS) is 17.8. The van der Waals surface area contributed by atoms with Gasteiger partial charge in [0.1, 0.15) is 5.75 Å². The van der Waals surface area contributed by atoms with Gasteiger partial charge in [0, 0.05) is 18.8 Å². The van der Waals surface area contributed by atoms with E-state index in [4.69, 9.17) is 5.73 Å². The number of carbonyl (C=O) groups excluding carboxylic acids is 1. The first-order valence-electron chi connectivity index (χ1n) is 6.57. The molecule has 1 aromatic carbocycles. The molecular weight excluding hydrogens is 260 g/mol. The number of thioether (sulfide) groups is 1.